The van der Waals surface area contributed by atoms with E-state index in [2.05, 4.69) is 15.0 Å². The van der Waals surface area contributed by atoms with Crippen molar-refractivity contribution in [3.63, 3.8) is 0 Å². The summed E-state index contributed by atoms with van der Waals surface area (Å²) in [6.07, 6.45) is 8.85. The summed E-state index contributed by atoms with van der Waals surface area (Å²) in [7, 11) is 0. The van der Waals surface area contributed by atoms with E-state index in [4.69, 9.17) is 9.40 Å². The van der Waals surface area contributed by atoms with Crippen LogP contribution in [0.15, 0.2) is 77.9 Å². The molecule has 5 rings (SSSR count). The normalized spacial score (nSPS) is 11.1. The van der Waals surface area contributed by atoms with E-state index < -0.39 is 0 Å². The molecule has 5 aromatic heterocycles. The van der Waals surface area contributed by atoms with Crippen LogP contribution in [-0.4, -0.2) is 19.9 Å². The number of fused-ring (bicyclic) bond motifs is 1. The van der Waals surface area contributed by atoms with E-state index in [1.165, 1.54) is 0 Å². The summed E-state index contributed by atoms with van der Waals surface area (Å²) in [5.74, 6) is 0. The molecule has 124 valence electrons. The fraction of sp³-hybridized carbons (Fsp3) is 0. The molecule has 5 nitrogen and oxygen atoms in total. The van der Waals surface area contributed by atoms with Gasteiger partial charge in [-0.05, 0) is 30.3 Å². The molecule has 0 aliphatic heterocycles. The third-order valence-electron chi connectivity index (χ3n) is 4.02. The second-order valence-electron chi connectivity index (χ2n) is 5.67. The molecule has 0 saturated heterocycles. The number of pyridine rings is 3. The Morgan fingerprint density at radius 3 is 2.73 bits per heavy atom. The van der Waals surface area contributed by atoms with Crippen molar-refractivity contribution in [1.29, 1.82) is 0 Å². The fourth-order valence-corrected chi connectivity index (χ4v) is 3.67. The van der Waals surface area contributed by atoms with Gasteiger partial charge < -0.3 is 4.42 Å². The predicted octanol–water partition coefficient (Wildman–Crippen LogP) is 5.08. The third kappa shape index (κ3) is 2.57. The molecule has 0 bridgehead atoms. The number of rotatable bonds is 3. The first-order chi connectivity index (χ1) is 12.9. The summed E-state index contributed by atoms with van der Waals surface area (Å²) < 4.78 is 5.64. The van der Waals surface area contributed by atoms with Crippen LogP contribution >= 0.6 is 11.3 Å². The molecular weight excluding hydrogens is 344 g/mol. The van der Waals surface area contributed by atoms with Gasteiger partial charge >= 0.3 is 0 Å². The first kappa shape index (κ1) is 14.9. The Morgan fingerprint density at radius 2 is 1.88 bits per heavy atom. The molecule has 0 aromatic carbocycles. The zero-order valence-electron chi connectivity index (χ0n) is 13.5. The Labute approximate surface area is 153 Å². The molecule has 0 spiro atoms. The van der Waals surface area contributed by atoms with Crippen molar-refractivity contribution in [2.45, 2.75) is 0 Å². The second-order valence-corrected chi connectivity index (χ2v) is 6.71. The van der Waals surface area contributed by atoms with Crippen molar-refractivity contribution in [2.24, 2.45) is 0 Å². The summed E-state index contributed by atoms with van der Waals surface area (Å²) in [4.78, 5) is 18.9. The van der Waals surface area contributed by atoms with Crippen molar-refractivity contribution in [1.82, 2.24) is 19.9 Å². The molecule has 26 heavy (non-hydrogen) atoms. The summed E-state index contributed by atoms with van der Waals surface area (Å²) in [6.45, 7) is 0. The van der Waals surface area contributed by atoms with Gasteiger partial charge in [0.05, 0.1) is 22.5 Å². The Balaban J connectivity index is 1.65. The van der Waals surface area contributed by atoms with E-state index in [1.54, 1.807) is 30.0 Å². The van der Waals surface area contributed by atoms with Crippen LogP contribution in [-0.2, 0) is 0 Å². The average Bonchev–Trinajstić information content (AvgIpc) is 3.38. The quantitative estimate of drug-likeness (QED) is 0.451. The number of hydrogen-bond acceptors (Lipinski definition) is 6. The van der Waals surface area contributed by atoms with E-state index in [9.17, 15) is 0 Å². The lowest BCUT2D eigenvalue weighted by molar-refractivity contribution is 0.616. The van der Waals surface area contributed by atoms with E-state index in [0.717, 1.165) is 43.5 Å². The molecule has 0 N–H and O–H groups in total. The molecule has 5 heterocycles. The third-order valence-corrected chi connectivity index (χ3v) is 5.09. The summed E-state index contributed by atoms with van der Waals surface area (Å²) in [5, 5.41) is 1.86. The first-order valence-electron chi connectivity index (χ1n) is 8.05. The van der Waals surface area contributed by atoms with Crippen LogP contribution in [0, 0.1) is 0 Å². The number of aromatic nitrogens is 4. The van der Waals surface area contributed by atoms with Gasteiger partial charge in [-0.15, -0.1) is 11.3 Å². The van der Waals surface area contributed by atoms with Crippen LogP contribution in [0.1, 0.15) is 0 Å². The lowest BCUT2D eigenvalue weighted by atomic mass is 10.1. The average molecular weight is 356 g/mol. The molecular formula is C20H12N4OS. The highest BCUT2D eigenvalue weighted by Gasteiger charge is 2.15. The van der Waals surface area contributed by atoms with Crippen LogP contribution in [0.2, 0.25) is 0 Å². The number of hydrogen-bond donors (Lipinski definition) is 0. The zero-order chi connectivity index (χ0) is 17.3. The summed E-state index contributed by atoms with van der Waals surface area (Å²) in [6, 6.07) is 13.6. The highest BCUT2D eigenvalue weighted by Crippen LogP contribution is 2.35. The van der Waals surface area contributed by atoms with Gasteiger partial charge in [-0.2, -0.15) is 0 Å². The Kier molecular flexibility index (Phi) is 3.54. The molecule has 5 aromatic rings. The predicted molar refractivity (Wildman–Crippen MR) is 102 cm³/mol. The van der Waals surface area contributed by atoms with Crippen LogP contribution in [0.5, 0.6) is 0 Å². The van der Waals surface area contributed by atoms with Gasteiger partial charge in [-0.1, -0.05) is 6.07 Å². The van der Waals surface area contributed by atoms with E-state index in [0.29, 0.717) is 0 Å². The molecule has 0 unspecified atom stereocenters. The Hall–Kier alpha value is -3.38. The van der Waals surface area contributed by atoms with Crippen molar-refractivity contribution in [3.8, 4) is 32.5 Å². The van der Waals surface area contributed by atoms with Crippen LogP contribution in [0.25, 0.3) is 43.5 Å². The van der Waals surface area contributed by atoms with Gasteiger partial charge in [0, 0.05) is 41.8 Å². The highest BCUT2D eigenvalue weighted by atomic mass is 32.1. The number of thiazole rings is 1. The summed E-state index contributed by atoms with van der Waals surface area (Å²) in [5.41, 5.74) is 4.22. The largest absolute Gasteiger partial charge is 0.464 e. The first-order valence-corrected chi connectivity index (χ1v) is 8.86. The van der Waals surface area contributed by atoms with Gasteiger partial charge in [-0.3, -0.25) is 9.97 Å². The van der Waals surface area contributed by atoms with Crippen molar-refractivity contribution in [3.05, 3.63) is 73.5 Å². The second kappa shape index (κ2) is 6.16. The van der Waals surface area contributed by atoms with Crippen molar-refractivity contribution >= 4 is 22.3 Å². The monoisotopic (exact) mass is 356 g/mol. The maximum Gasteiger partial charge on any atom is 0.138 e. The maximum atomic E-state index is 5.64. The molecule has 0 fully saturated rings. The minimum Gasteiger partial charge on any atom is -0.464 e. The lowest BCUT2D eigenvalue weighted by Gasteiger charge is -2.04. The molecule has 0 aliphatic carbocycles. The molecule has 0 amide bonds. The topological polar surface area (TPSA) is 64.7 Å². The van der Waals surface area contributed by atoms with Gasteiger partial charge in [0.1, 0.15) is 16.3 Å². The van der Waals surface area contributed by atoms with Crippen LogP contribution < -0.4 is 0 Å². The highest BCUT2D eigenvalue weighted by molar-refractivity contribution is 7.18. The fourth-order valence-electron chi connectivity index (χ4n) is 2.81. The van der Waals surface area contributed by atoms with E-state index in [-0.39, 0.29) is 0 Å². The Bertz CT molecular complexity index is 1180. The van der Waals surface area contributed by atoms with Gasteiger partial charge in [-0.25, -0.2) is 9.97 Å². The van der Waals surface area contributed by atoms with E-state index in [1.807, 2.05) is 54.9 Å². The van der Waals surface area contributed by atoms with Crippen LogP contribution in [0.4, 0.5) is 0 Å². The lowest BCUT2D eigenvalue weighted by Crippen LogP contribution is -1.90. The Morgan fingerprint density at radius 1 is 0.885 bits per heavy atom. The molecule has 0 saturated carbocycles. The SMILES string of the molecule is c1ccc(-c2nc(-c3cnc(-c4cccnc4)s3)cc3occc23)nc1. The molecule has 6 heteroatoms. The minimum absolute atomic E-state index is 0.784. The van der Waals surface area contributed by atoms with Gasteiger partial charge in [0.2, 0.25) is 0 Å². The summed E-state index contributed by atoms with van der Waals surface area (Å²) >= 11 is 1.58. The van der Waals surface area contributed by atoms with E-state index >= 15 is 0 Å². The molecule has 0 atom stereocenters. The standard InChI is InChI=1S/C20H12N4OS/c1-2-8-22-15(5-1)19-14-6-9-25-17(14)10-16(24-19)18-12-23-20(26-18)13-4-3-7-21-11-13/h1-12H. The number of furan rings is 1. The van der Waals surface area contributed by atoms with Gasteiger partial charge in [0.25, 0.3) is 0 Å². The maximum absolute atomic E-state index is 5.64. The molecule has 0 radical (unpaired) electrons. The van der Waals surface area contributed by atoms with Crippen molar-refractivity contribution < 1.29 is 4.42 Å². The van der Waals surface area contributed by atoms with Crippen LogP contribution in [0.3, 0.4) is 0 Å². The smallest absolute Gasteiger partial charge is 0.138 e. The number of nitrogens with zero attached hydrogens (tertiary/aromatic N) is 4. The minimum atomic E-state index is 0.784. The van der Waals surface area contributed by atoms with Gasteiger partial charge in [0.15, 0.2) is 0 Å². The molecule has 0 aliphatic rings. The van der Waals surface area contributed by atoms with Crippen molar-refractivity contribution in [2.75, 3.05) is 0 Å². The zero-order valence-corrected chi connectivity index (χ0v) is 14.4.